The van der Waals surface area contributed by atoms with Crippen molar-refractivity contribution in [2.45, 2.75) is 19.9 Å². The van der Waals surface area contributed by atoms with E-state index in [-0.39, 0.29) is 6.04 Å². The van der Waals surface area contributed by atoms with Gasteiger partial charge in [-0.2, -0.15) is 5.26 Å². The second-order valence-corrected chi connectivity index (χ2v) is 3.35. The Balaban J connectivity index is 2.78. The number of anilines is 1. The van der Waals surface area contributed by atoms with E-state index in [4.69, 9.17) is 11.0 Å². The average Bonchev–Trinajstić information content (AvgIpc) is 2.14. The highest BCUT2D eigenvalue weighted by atomic mass is 15.0. The van der Waals surface area contributed by atoms with Crippen LogP contribution in [-0.2, 0) is 0 Å². The molecule has 1 aromatic rings. The standard InChI is InChI=1S/C10H14N4/c1-7(12)6-13-10-4-9(5-11)3-8(2)14-10/h3-4,7H,6,12H2,1-2H3,(H,13,14). The summed E-state index contributed by atoms with van der Waals surface area (Å²) in [6, 6.07) is 5.62. The largest absolute Gasteiger partial charge is 0.368 e. The van der Waals surface area contributed by atoms with Crippen LogP contribution in [0.3, 0.4) is 0 Å². The predicted molar refractivity (Wildman–Crippen MR) is 55.8 cm³/mol. The summed E-state index contributed by atoms with van der Waals surface area (Å²) in [6.07, 6.45) is 0. The zero-order chi connectivity index (χ0) is 10.6. The van der Waals surface area contributed by atoms with Crippen LogP contribution in [0.2, 0.25) is 0 Å². The monoisotopic (exact) mass is 190 g/mol. The molecule has 4 heteroatoms. The number of nitrogens with one attached hydrogen (secondary N) is 1. The van der Waals surface area contributed by atoms with Crippen LogP contribution in [0.25, 0.3) is 0 Å². The van der Waals surface area contributed by atoms with Crippen molar-refractivity contribution in [1.82, 2.24) is 4.98 Å². The van der Waals surface area contributed by atoms with Gasteiger partial charge in [0, 0.05) is 18.3 Å². The summed E-state index contributed by atoms with van der Waals surface area (Å²) >= 11 is 0. The van der Waals surface area contributed by atoms with E-state index in [1.165, 1.54) is 0 Å². The molecule has 0 saturated heterocycles. The van der Waals surface area contributed by atoms with Gasteiger partial charge in [-0.15, -0.1) is 0 Å². The first kappa shape index (κ1) is 10.5. The number of rotatable bonds is 3. The quantitative estimate of drug-likeness (QED) is 0.746. The molecule has 0 saturated carbocycles. The van der Waals surface area contributed by atoms with Gasteiger partial charge in [0.25, 0.3) is 0 Å². The van der Waals surface area contributed by atoms with Gasteiger partial charge in [0.2, 0.25) is 0 Å². The van der Waals surface area contributed by atoms with Crippen molar-refractivity contribution < 1.29 is 0 Å². The smallest absolute Gasteiger partial charge is 0.127 e. The van der Waals surface area contributed by atoms with Crippen molar-refractivity contribution in [1.29, 1.82) is 5.26 Å². The molecule has 0 aromatic carbocycles. The molecule has 0 aliphatic carbocycles. The molecule has 0 radical (unpaired) electrons. The van der Waals surface area contributed by atoms with Crippen LogP contribution in [0.4, 0.5) is 5.82 Å². The van der Waals surface area contributed by atoms with E-state index in [2.05, 4.69) is 16.4 Å². The van der Waals surface area contributed by atoms with Crippen LogP contribution in [0.15, 0.2) is 12.1 Å². The lowest BCUT2D eigenvalue weighted by atomic mass is 10.2. The van der Waals surface area contributed by atoms with Crippen LogP contribution in [0.5, 0.6) is 0 Å². The molecule has 1 aromatic heterocycles. The minimum absolute atomic E-state index is 0.0721. The number of aromatic nitrogens is 1. The fourth-order valence-corrected chi connectivity index (χ4v) is 1.09. The Hall–Kier alpha value is -1.60. The van der Waals surface area contributed by atoms with Crippen molar-refractivity contribution in [2.75, 3.05) is 11.9 Å². The minimum atomic E-state index is 0.0721. The molecule has 0 aliphatic rings. The van der Waals surface area contributed by atoms with E-state index in [0.717, 1.165) is 5.69 Å². The second kappa shape index (κ2) is 4.58. The molecule has 1 rings (SSSR count). The highest BCUT2D eigenvalue weighted by molar-refractivity contribution is 5.44. The molecule has 0 fully saturated rings. The number of hydrogen-bond donors (Lipinski definition) is 2. The first-order valence-electron chi connectivity index (χ1n) is 4.50. The Kier molecular flexibility index (Phi) is 3.43. The van der Waals surface area contributed by atoms with E-state index in [9.17, 15) is 0 Å². The lowest BCUT2D eigenvalue weighted by molar-refractivity contribution is 0.777. The van der Waals surface area contributed by atoms with E-state index in [0.29, 0.717) is 17.9 Å². The molecule has 74 valence electrons. The van der Waals surface area contributed by atoms with E-state index in [1.807, 2.05) is 13.8 Å². The van der Waals surface area contributed by atoms with Crippen LogP contribution >= 0.6 is 0 Å². The van der Waals surface area contributed by atoms with Gasteiger partial charge in [0.05, 0.1) is 11.6 Å². The van der Waals surface area contributed by atoms with Gasteiger partial charge in [-0.3, -0.25) is 0 Å². The molecule has 4 nitrogen and oxygen atoms in total. The van der Waals surface area contributed by atoms with Crippen molar-refractivity contribution in [2.24, 2.45) is 5.73 Å². The fraction of sp³-hybridized carbons (Fsp3) is 0.400. The molecule has 1 unspecified atom stereocenters. The SMILES string of the molecule is Cc1cc(C#N)cc(NCC(C)N)n1. The van der Waals surface area contributed by atoms with E-state index >= 15 is 0 Å². The summed E-state index contributed by atoms with van der Waals surface area (Å²) in [5, 5.41) is 11.8. The van der Waals surface area contributed by atoms with Crippen molar-refractivity contribution >= 4 is 5.82 Å². The molecule has 0 amide bonds. The highest BCUT2D eigenvalue weighted by Crippen LogP contribution is 2.08. The van der Waals surface area contributed by atoms with Crippen LogP contribution in [0.1, 0.15) is 18.2 Å². The van der Waals surface area contributed by atoms with Crippen LogP contribution < -0.4 is 11.1 Å². The lowest BCUT2D eigenvalue weighted by Crippen LogP contribution is -2.25. The number of pyridine rings is 1. The van der Waals surface area contributed by atoms with Crippen LogP contribution in [-0.4, -0.2) is 17.6 Å². The summed E-state index contributed by atoms with van der Waals surface area (Å²) in [4.78, 5) is 4.24. The first-order valence-corrected chi connectivity index (χ1v) is 4.50. The van der Waals surface area contributed by atoms with Crippen LogP contribution in [0, 0.1) is 18.3 Å². The first-order chi connectivity index (χ1) is 6.61. The molecule has 3 N–H and O–H groups in total. The fourth-order valence-electron chi connectivity index (χ4n) is 1.09. The highest BCUT2D eigenvalue weighted by Gasteiger charge is 2.00. The number of hydrogen-bond acceptors (Lipinski definition) is 4. The molecule has 0 spiro atoms. The molecule has 14 heavy (non-hydrogen) atoms. The Bertz CT molecular complexity index is 352. The molecule has 0 aliphatic heterocycles. The summed E-state index contributed by atoms with van der Waals surface area (Å²) in [5.41, 5.74) is 7.04. The Labute approximate surface area is 83.8 Å². The zero-order valence-corrected chi connectivity index (χ0v) is 8.41. The van der Waals surface area contributed by atoms with Gasteiger partial charge >= 0.3 is 0 Å². The normalized spacial score (nSPS) is 11.9. The van der Waals surface area contributed by atoms with Gasteiger partial charge in [-0.1, -0.05) is 0 Å². The van der Waals surface area contributed by atoms with Gasteiger partial charge in [0.1, 0.15) is 5.82 Å². The Morgan fingerprint density at radius 3 is 2.93 bits per heavy atom. The zero-order valence-electron chi connectivity index (χ0n) is 8.41. The van der Waals surface area contributed by atoms with Gasteiger partial charge < -0.3 is 11.1 Å². The van der Waals surface area contributed by atoms with Crippen molar-refractivity contribution in [3.63, 3.8) is 0 Å². The summed E-state index contributed by atoms with van der Waals surface area (Å²) in [7, 11) is 0. The summed E-state index contributed by atoms with van der Waals surface area (Å²) < 4.78 is 0. The molecular weight excluding hydrogens is 176 g/mol. The van der Waals surface area contributed by atoms with Gasteiger partial charge in [0.15, 0.2) is 0 Å². The third kappa shape index (κ3) is 3.04. The third-order valence-corrected chi connectivity index (χ3v) is 1.69. The predicted octanol–water partition coefficient (Wildman–Crippen LogP) is 1.02. The lowest BCUT2D eigenvalue weighted by Gasteiger charge is -2.08. The number of nitrogens with two attached hydrogens (primary N) is 1. The number of nitrogens with zero attached hydrogens (tertiary/aromatic N) is 2. The van der Waals surface area contributed by atoms with E-state index < -0.39 is 0 Å². The average molecular weight is 190 g/mol. The molecule has 1 atom stereocenters. The Morgan fingerprint density at radius 1 is 1.64 bits per heavy atom. The van der Waals surface area contributed by atoms with Crippen molar-refractivity contribution in [3.8, 4) is 6.07 Å². The van der Waals surface area contributed by atoms with Gasteiger partial charge in [-0.25, -0.2) is 4.98 Å². The molecule has 1 heterocycles. The maximum atomic E-state index is 8.73. The number of nitriles is 1. The second-order valence-electron chi connectivity index (χ2n) is 3.35. The minimum Gasteiger partial charge on any atom is -0.368 e. The summed E-state index contributed by atoms with van der Waals surface area (Å²) in [6.45, 7) is 4.42. The topological polar surface area (TPSA) is 74.7 Å². The van der Waals surface area contributed by atoms with Crippen molar-refractivity contribution in [3.05, 3.63) is 23.4 Å². The third-order valence-electron chi connectivity index (χ3n) is 1.69. The maximum absolute atomic E-state index is 8.73. The summed E-state index contributed by atoms with van der Waals surface area (Å²) in [5.74, 6) is 0.707. The molecular formula is C10H14N4. The van der Waals surface area contributed by atoms with Gasteiger partial charge in [-0.05, 0) is 26.0 Å². The Morgan fingerprint density at radius 2 is 2.36 bits per heavy atom. The van der Waals surface area contributed by atoms with E-state index in [1.54, 1.807) is 12.1 Å². The number of aryl methyl sites for hydroxylation is 1. The molecule has 0 bridgehead atoms. The maximum Gasteiger partial charge on any atom is 0.127 e.